The largest absolute Gasteiger partial charge is 0.501 e. The molecule has 0 saturated carbocycles. The van der Waals surface area contributed by atoms with Crippen molar-refractivity contribution in [3.05, 3.63) is 77.7 Å². The van der Waals surface area contributed by atoms with Crippen LogP contribution in [0.1, 0.15) is 81.1 Å². The van der Waals surface area contributed by atoms with Crippen molar-refractivity contribution in [3.8, 4) is 0 Å². The first kappa shape index (κ1) is 38.8. The van der Waals surface area contributed by atoms with Gasteiger partial charge < -0.3 is 30.7 Å². The first-order valence-corrected chi connectivity index (χ1v) is 18.9. The number of halogens is 2. The molecule has 56 heavy (non-hydrogen) atoms. The van der Waals surface area contributed by atoms with Crippen LogP contribution in [0, 0.1) is 17.6 Å². The van der Waals surface area contributed by atoms with Crippen LogP contribution in [0.3, 0.4) is 0 Å². The van der Waals surface area contributed by atoms with Crippen molar-refractivity contribution in [2.45, 2.75) is 80.8 Å². The van der Waals surface area contributed by atoms with Crippen molar-refractivity contribution in [2.24, 2.45) is 11.7 Å². The second kappa shape index (κ2) is 16.0. The summed E-state index contributed by atoms with van der Waals surface area (Å²) in [6.07, 6.45) is 11.9. The molecule has 4 unspecified atom stereocenters. The topological polar surface area (TPSA) is 206 Å². The van der Waals surface area contributed by atoms with Gasteiger partial charge in [0.1, 0.15) is 22.7 Å². The lowest BCUT2D eigenvalue weighted by molar-refractivity contribution is -0.139. The quantitative estimate of drug-likeness (QED) is 0.232. The van der Waals surface area contributed by atoms with Crippen LogP contribution in [0.15, 0.2) is 54.7 Å². The van der Waals surface area contributed by atoms with E-state index in [1.807, 2.05) is 4.90 Å². The lowest BCUT2D eigenvalue weighted by Crippen LogP contribution is -2.60. The van der Waals surface area contributed by atoms with Gasteiger partial charge in [0.2, 0.25) is 23.6 Å². The molecule has 3 aromatic rings. The van der Waals surface area contributed by atoms with Gasteiger partial charge in [0, 0.05) is 74.2 Å². The minimum absolute atomic E-state index is 0.00590. The summed E-state index contributed by atoms with van der Waals surface area (Å²) in [4.78, 5) is 73.9. The maximum atomic E-state index is 15.4. The predicted molar refractivity (Wildman–Crippen MR) is 198 cm³/mol. The maximum Gasteiger partial charge on any atom is 0.244 e. The van der Waals surface area contributed by atoms with E-state index < -0.39 is 58.3 Å². The van der Waals surface area contributed by atoms with Gasteiger partial charge in [-0.3, -0.25) is 24.5 Å². The predicted octanol–water partition coefficient (Wildman–Crippen LogP) is 2.61. The Kier molecular flexibility index (Phi) is 11.1. The van der Waals surface area contributed by atoms with Gasteiger partial charge in [0.15, 0.2) is 11.5 Å². The Morgan fingerprint density at radius 3 is 2.52 bits per heavy atom. The maximum absolute atomic E-state index is 15.4. The number of aliphatic hydroxyl groups excluding tert-OH is 1. The highest BCUT2D eigenvalue weighted by atomic mass is 19.1. The molecule has 3 saturated heterocycles. The minimum atomic E-state index is -1.38. The summed E-state index contributed by atoms with van der Waals surface area (Å²) in [5.41, 5.74) is 5.10. The van der Waals surface area contributed by atoms with E-state index in [2.05, 4.69) is 25.6 Å². The summed E-state index contributed by atoms with van der Waals surface area (Å²) < 4.78 is 36.2. The fraction of sp³-hybridized carbons (Fsp3) is 0.487. The number of nitrogens with zero attached hydrogens (tertiary/aromatic N) is 6. The van der Waals surface area contributed by atoms with E-state index in [9.17, 15) is 24.3 Å². The van der Waals surface area contributed by atoms with Crippen LogP contribution < -0.4 is 21.3 Å². The molecule has 3 aliphatic heterocycles. The zero-order chi connectivity index (χ0) is 39.6. The SMILES string of the molecule is COC1=CC=CC(N)(C(=O)NC2(CCO)CCC(c3ncc4nccnc4n3)N(C(=O)C3CCN(c4cc(F)c(C5CCC(=O)NC5=O)c(F)c4)CC3)CC2)C1. The molecule has 15 nitrogen and oxygen atoms in total. The van der Waals surface area contributed by atoms with Gasteiger partial charge in [0.25, 0.3) is 0 Å². The molecule has 0 spiro atoms. The number of benzene rings is 1. The lowest BCUT2D eigenvalue weighted by Gasteiger charge is -2.38. The zero-order valence-corrected chi connectivity index (χ0v) is 31.0. The molecule has 296 valence electrons. The number of ether oxygens (including phenoxy) is 1. The number of nitrogens with two attached hydrogens (primary N) is 1. The second-order valence-corrected chi connectivity index (χ2v) is 15.0. The van der Waals surface area contributed by atoms with E-state index in [4.69, 9.17) is 15.5 Å². The number of nitrogens with one attached hydrogen (secondary N) is 2. The zero-order valence-electron chi connectivity index (χ0n) is 31.0. The number of anilines is 1. The molecule has 7 rings (SSSR count). The van der Waals surface area contributed by atoms with E-state index in [-0.39, 0.29) is 50.3 Å². The van der Waals surface area contributed by atoms with Gasteiger partial charge in [-0.25, -0.2) is 28.7 Å². The van der Waals surface area contributed by atoms with Gasteiger partial charge in [-0.05, 0) is 63.2 Å². The van der Waals surface area contributed by atoms with Gasteiger partial charge in [-0.1, -0.05) is 12.2 Å². The third kappa shape index (κ3) is 7.82. The fourth-order valence-electron chi connectivity index (χ4n) is 8.37. The van der Waals surface area contributed by atoms with Crippen LogP contribution in [0.2, 0.25) is 0 Å². The molecule has 0 bridgehead atoms. The second-order valence-electron chi connectivity index (χ2n) is 15.0. The number of rotatable bonds is 9. The van der Waals surface area contributed by atoms with Gasteiger partial charge in [-0.15, -0.1) is 0 Å². The summed E-state index contributed by atoms with van der Waals surface area (Å²) >= 11 is 0. The van der Waals surface area contributed by atoms with E-state index in [0.717, 1.165) is 0 Å². The fourth-order valence-corrected chi connectivity index (χ4v) is 8.37. The molecule has 3 fully saturated rings. The number of hydrogen-bond donors (Lipinski definition) is 4. The van der Waals surface area contributed by atoms with Crippen molar-refractivity contribution < 1.29 is 37.8 Å². The Morgan fingerprint density at radius 2 is 1.80 bits per heavy atom. The van der Waals surface area contributed by atoms with Crippen molar-refractivity contribution in [2.75, 3.05) is 38.3 Å². The van der Waals surface area contributed by atoms with E-state index in [0.29, 0.717) is 73.6 Å². The number of aromatic nitrogens is 4. The Balaban J connectivity index is 1.11. The molecule has 2 aromatic heterocycles. The van der Waals surface area contributed by atoms with Crippen molar-refractivity contribution in [1.82, 2.24) is 35.5 Å². The number of piperidine rings is 2. The number of imide groups is 1. The summed E-state index contributed by atoms with van der Waals surface area (Å²) in [7, 11) is 1.51. The standard InChI is InChI=1S/C39H45F2N9O6/c1-56-25-3-2-9-39(42,21-25)37(55)48-38(12-18-51)10-6-30(34-45-22-29-33(47-34)44-14-13-43-29)50(17-11-38)36(54)23-7-15-49(16-8-23)24-19-27(40)32(28(41)20-24)26-4-5-31(52)46-35(26)53/h2-3,9,13-14,19-20,22-23,26,30,51H,4-8,10-12,15-18,21,42H2,1H3,(H,48,55)(H,46,52,53). The Morgan fingerprint density at radius 1 is 1.05 bits per heavy atom. The molecule has 5 N–H and O–H groups in total. The summed E-state index contributed by atoms with van der Waals surface area (Å²) in [6, 6.07) is 1.80. The number of methoxy groups -OCH3 is 1. The van der Waals surface area contributed by atoms with Gasteiger partial charge in [-0.2, -0.15) is 0 Å². The molecule has 0 radical (unpaired) electrons. The molecule has 17 heteroatoms. The van der Waals surface area contributed by atoms with Crippen LogP contribution in [-0.2, 0) is 23.9 Å². The Hall–Kier alpha value is -5.42. The average molecular weight is 774 g/mol. The molecule has 1 aliphatic carbocycles. The third-order valence-electron chi connectivity index (χ3n) is 11.6. The number of fused-ring (bicyclic) bond motifs is 1. The number of allylic oxidation sites excluding steroid dienone is 2. The van der Waals surface area contributed by atoms with Crippen LogP contribution in [0.25, 0.3) is 11.2 Å². The lowest BCUT2D eigenvalue weighted by atomic mass is 9.83. The van der Waals surface area contributed by atoms with Crippen molar-refractivity contribution in [3.63, 3.8) is 0 Å². The molecule has 5 heterocycles. The Bertz CT molecular complexity index is 2070. The average Bonchev–Trinajstić information content (AvgIpc) is 3.37. The molecule has 4 aliphatic rings. The van der Waals surface area contributed by atoms with E-state index in [1.165, 1.54) is 31.6 Å². The van der Waals surface area contributed by atoms with E-state index in [1.54, 1.807) is 29.3 Å². The van der Waals surface area contributed by atoms with Crippen LogP contribution in [0.4, 0.5) is 14.5 Å². The highest BCUT2D eigenvalue weighted by Crippen LogP contribution is 2.39. The minimum Gasteiger partial charge on any atom is -0.501 e. The molecular weight excluding hydrogens is 728 g/mol. The van der Waals surface area contributed by atoms with Gasteiger partial charge >= 0.3 is 0 Å². The summed E-state index contributed by atoms with van der Waals surface area (Å²) in [5.74, 6) is -4.11. The van der Waals surface area contributed by atoms with E-state index >= 15 is 8.78 Å². The molecule has 4 amide bonds. The summed E-state index contributed by atoms with van der Waals surface area (Å²) in [6.45, 7) is 0.663. The van der Waals surface area contributed by atoms with Crippen LogP contribution in [-0.4, -0.2) is 98.0 Å². The first-order valence-electron chi connectivity index (χ1n) is 18.9. The third-order valence-corrected chi connectivity index (χ3v) is 11.6. The van der Waals surface area contributed by atoms with Crippen LogP contribution >= 0.6 is 0 Å². The number of likely N-dealkylation sites (tertiary alicyclic amines) is 1. The monoisotopic (exact) mass is 773 g/mol. The highest BCUT2D eigenvalue weighted by Gasteiger charge is 2.45. The Labute approximate surface area is 321 Å². The van der Waals surface area contributed by atoms with Crippen molar-refractivity contribution >= 4 is 40.5 Å². The number of amides is 4. The van der Waals surface area contributed by atoms with Crippen LogP contribution in [0.5, 0.6) is 0 Å². The highest BCUT2D eigenvalue weighted by molar-refractivity contribution is 6.01. The smallest absolute Gasteiger partial charge is 0.244 e. The number of carbonyl (C=O) groups is 4. The molecule has 1 aromatic carbocycles. The number of carbonyl (C=O) groups excluding carboxylic acids is 4. The normalized spacial score (nSPS) is 26.1. The molecular formula is C39H45F2N9O6. The first-order chi connectivity index (χ1) is 26.9. The van der Waals surface area contributed by atoms with Crippen molar-refractivity contribution in [1.29, 1.82) is 0 Å². The number of aliphatic hydroxyl groups is 1. The number of hydrogen-bond acceptors (Lipinski definition) is 12. The molecule has 4 atom stereocenters. The van der Waals surface area contributed by atoms with Gasteiger partial charge in [0.05, 0.1) is 31.0 Å². The summed E-state index contributed by atoms with van der Waals surface area (Å²) in [5, 5.41) is 15.6.